The van der Waals surface area contributed by atoms with Gasteiger partial charge in [-0.25, -0.2) is 9.78 Å². The Morgan fingerprint density at radius 1 is 1.53 bits per heavy atom. The summed E-state index contributed by atoms with van der Waals surface area (Å²) in [6, 6.07) is 5.75. The standard InChI is InChI=1S/C11H8N2O5S/c14-11(15)10-12-7(6-19-10)5-18-9-3-1-2-8(4-9)13(16)17/h1-4,6H,5H2,(H,14,15). The van der Waals surface area contributed by atoms with Crippen molar-refractivity contribution in [1.29, 1.82) is 0 Å². The van der Waals surface area contributed by atoms with Crippen LogP contribution in [0.4, 0.5) is 5.69 Å². The van der Waals surface area contributed by atoms with Crippen LogP contribution in [0.5, 0.6) is 5.75 Å². The van der Waals surface area contributed by atoms with Gasteiger partial charge in [-0.3, -0.25) is 10.1 Å². The van der Waals surface area contributed by atoms with E-state index >= 15 is 0 Å². The van der Waals surface area contributed by atoms with Crippen molar-refractivity contribution in [3.63, 3.8) is 0 Å². The summed E-state index contributed by atoms with van der Waals surface area (Å²) < 4.78 is 5.32. The molecule has 98 valence electrons. The summed E-state index contributed by atoms with van der Waals surface area (Å²) in [5.41, 5.74) is 0.399. The molecule has 1 heterocycles. The van der Waals surface area contributed by atoms with Crippen LogP contribution in [0.25, 0.3) is 0 Å². The number of nitro benzene ring substituents is 1. The number of benzene rings is 1. The number of hydrogen-bond acceptors (Lipinski definition) is 6. The van der Waals surface area contributed by atoms with Crippen LogP contribution >= 0.6 is 11.3 Å². The summed E-state index contributed by atoms with van der Waals surface area (Å²) in [4.78, 5) is 24.5. The highest BCUT2D eigenvalue weighted by atomic mass is 32.1. The number of rotatable bonds is 5. The van der Waals surface area contributed by atoms with Crippen LogP contribution in [0.15, 0.2) is 29.6 Å². The molecule has 1 aromatic carbocycles. The summed E-state index contributed by atoms with van der Waals surface area (Å²) in [7, 11) is 0. The van der Waals surface area contributed by atoms with Crippen LogP contribution in [-0.2, 0) is 6.61 Å². The molecule has 0 saturated carbocycles. The van der Waals surface area contributed by atoms with Crippen molar-refractivity contribution in [3.8, 4) is 5.75 Å². The Labute approximate surface area is 111 Å². The third-order valence-corrected chi connectivity index (χ3v) is 3.03. The lowest BCUT2D eigenvalue weighted by atomic mass is 10.3. The molecule has 2 rings (SSSR count). The van der Waals surface area contributed by atoms with Gasteiger partial charge in [-0.05, 0) is 6.07 Å². The van der Waals surface area contributed by atoms with Crippen LogP contribution in [0.1, 0.15) is 15.5 Å². The number of nitro groups is 1. The minimum Gasteiger partial charge on any atom is -0.487 e. The molecule has 0 saturated heterocycles. The molecule has 0 amide bonds. The molecule has 19 heavy (non-hydrogen) atoms. The monoisotopic (exact) mass is 280 g/mol. The zero-order chi connectivity index (χ0) is 13.8. The first-order chi connectivity index (χ1) is 9.06. The lowest BCUT2D eigenvalue weighted by Gasteiger charge is -2.03. The quantitative estimate of drug-likeness (QED) is 0.666. The molecule has 0 bridgehead atoms. The number of hydrogen-bond donors (Lipinski definition) is 1. The Hall–Kier alpha value is -2.48. The van der Waals surface area contributed by atoms with E-state index in [1.165, 1.54) is 18.2 Å². The molecular weight excluding hydrogens is 272 g/mol. The van der Waals surface area contributed by atoms with E-state index in [1.54, 1.807) is 11.4 Å². The van der Waals surface area contributed by atoms with Gasteiger partial charge in [-0.15, -0.1) is 11.3 Å². The number of aromatic nitrogens is 1. The normalized spacial score (nSPS) is 10.1. The Morgan fingerprint density at radius 3 is 2.95 bits per heavy atom. The summed E-state index contributed by atoms with van der Waals surface area (Å²) >= 11 is 1.00. The van der Waals surface area contributed by atoms with Crippen molar-refractivity contribution in [3.05, 3.63) is 50.5 Å². The molecule has 2 aromatic rings. The van der Waals surface area contributed by atoms with Gasteiger partial charge in [0, 0.05) is 11.4 Å². The van der Waals surface area contributed by atoms with E-state index in [0.717, 1.165) is 11.3 Å². The van der Waals surface area contributed by atoms with Crippen molar-refractivity contribution in [2.24, 2.45) is 0 Å². The molecule has 0 aliphatic rings. The van der Waals surface area contributed by atoms with Crippen LogP contribution < -0.4 is 4.74 Å². The minimum absolute atomic E-state index is 0.0161. The van der Waals surface area contributed by atoms with Gasteiger partial charge in [0.05, 0.1) is 16.7 Å². The van der Waals surface area contributed by atoms with Crippen molar-refractivity contribution < 1.29 is 19.6 Å². The molecule has 0 aliphatic heterocycles. The van der Waals surface area contributed by atoms with E-state index < -0.39 is 10.9 Å². The minimum atomic E-state index is -1.09. The highest BCUT2D eigenvalue weighted by Gasteiger charge is 2.10. The number of carboxylic acids is 1. The molecule has 1 aromatic heterocycles. The van der Waals surface area contributed by atoms with E-state index in [-0.39, 0.29) is 17.3 Å². The molecule has 0 unspecified atom stereocenters. The Bertz CT molecular complexity index is 625. The maximum atomic E-state index is 10.6. The fourth-order valence-corrected chi connectivity index (χ4v) is 1.95. The number of non-ortho nitro benzene ring substituents is 1. The summed E-state index contributed by atoms with van der Waals surface area (Å²) in [6.45, 7) is 0.0605. The molecule has 0 aliphatic carbocycles. The summed E-state index contributed by atoms with van der Waals surface area (Å²) in [6.07, 6.45) is 0. The van der Waals surface area contributed by atoms with Gasteiger partial charge < -0.3 is 9.84 Å². The fourth-order valence-electron chi connectivity index (χ4n) is 1.32. The fraction of sp³-hybridized carbons (Fsp3) is 0.0909. The smallest absolute Gasteiger partial charge is 0.365 e. The predicted octanol–water partition coefficient (Wildman–Crippen LogP) is 2.33. The molecule has 0 fully saturated rings. The number of ether oxygens (including phenoxy) is 1. The van der Waals surface area contributed by atoms with E-state index in [2.05, 4.69) is 4.98 Å². The second kappa shape index (κ2) is 5.44. The van der Waals surface area contributed by atoms with Gasteiger partial charge in [0.1, 0.15) is 12.4 Å². The van der Waals surface area contributed by atoms with E-state index in [4.69, 9.17) is 9.84 Å². The average Bonchev–Trinajstić information content (AvgIpc) is 2.85. The highest BCUT2D eigenvalue weighted by molar-refractivity contribution is 7.11. The largest absolute Gasteiger partial charge is 0.487 e. The predicted molar refractivity (Wildman–Crippen MR) is 66.5 cm³/mol. The van der Waals surface area contributed by atoms with Gasteiger partial charge in [0.15, 0.2) is 0 Å². The maximum Gasteiger partial charge on any atom is 0.365 e. The second-order valence-electron chi connectivity index (χ2n) is 3.49. The molecule has 0 atom stereocenters. The topological polar surface area (TPSA) is 103 Å². The molecule has 0 radical (unpaired) electrons. The van der Waals surface area contributed by atoms with Crippen molar-refractivity contribution in [1.82, 2.24) is 4.98 Å². The van der Waals surface area contributed by atoms with Crippen molar-refractivity contribution in [2.45, 2.75) is 6.61 Å². The number of nitrogens with zero attached hydrogens (tertiary/aromatic N) is 2. The molecule has 1 N–H and O–H groups in total. The maximum absolute atomic E-state index is 10.6. The van der Waals surface area contributed by atoms with Crippen molar-refractivity contribution in [2.75, 3.05) is 0 Å². The number of thiazole rings is 1. The molecular formula is C11H8N2O5S. The average molecular weight is 280 g/mol. The zero-order valence-electron chi connectivity index (χ0n) is 9.48. The third-order valence-electron chi connectivity index (χ3n) is 2.15. The van der Waals surface area contributed by atoms with E-state index in [9.17, 15) is 14.9 Å². The van der Waals surface area contributed by atoms with Crippen LogP contribution in [0, 0.1) is 10.1 Å². The van der Waals surface area contributed by atoms with E-state index in [1.807, 2.05) is 0 Å². The van der Waals surface area contributed by atoms with Gasteiger partial charge in [0.2, 0.25) is 5.01 Å². The number of aromatic carboxylic acids is 1. The Kier molecular flexibility index (Phi) is 3.71. The SMILES string of the molecule is O=C(O)c1nc(COc2cccc([N+](=O)[O-])c2)cs1. The highest BCUT2D eigenvalue weighted by Crippen LogP contribution is 2.20. The van der Waals surface area contributed by atoms with Gasteiger partial charge in [-0.2, -0.15) is 0 Å². The zero-order valence-corrected chi connectivity index (χ0v) is 10.3. The summed E-state index contributed by atoms with van der Waals surface area (Å²) in [5.74, 6) is -0.759. The lowest BCUT2D eigenvalue weighted by molar-refractivity contribution is -0.384. The number of carbonyl (C=O) groups is 1. The third kappa shape index (κ3) is 3.26. The lowest BCUT2D eigenvalue weighted by Crippen LogP contribution is -1.99. The van der Waals surface area contributed by atoms with Gasteiger partial charge >= 0.3 is 5.97 Å². The van der Waals surface area contributed by atoms with Crippen LogP contribution in [-0.4, -0.2) is 21.0 Å². The van der Waals surface area contributed by atoms with Gasteiger partial charge in [-0.1, -0.05) is 6.07 Å². The second-order valence-corrected chi connectivity index (χ2v) is 4.35. The molecule has 7 nitrogen and oxygen atoms in total. The van der Waals surface area contributed by atoms with E-state index in [0.29, 0.717) is 11.4 Å². The first kappa shape index (κ1) is 13.0. The molecule has 0 spiro atoms. The van der Waals surface area contributed by atoms with Crippen molar-refractivity contribution >= 4 is 23.0 Å². The summed E-state index contributed by atoms with van der Waals surface area (Å²) in [5, 5.41) is 20.8. The first-order valence-electron chi connectivity index (χ1n) is 5.11. The first-order valence-corrected chi connectivity index (χ1v) is 5.99. The van der Waals surface area contributed by atoms with Crippen LogP contribution in [0.3, 0.4) is 0 Å². The molecule has 8 heteroatoms. The Morgan fingerprint density at radius 2 is 2.32 bits per heavy atom. The Balaban J connectivity index is 2.03. The van der Waals surface area contributed by atoms with Crippen LogP contribution in [0.2, 0.25) is 0 Å². The van der Waals surface area contributed by atoms with Gasteiger partial charge in [0.25, 0.3) is 5.69 Å². The number of carboxylic acid groups (broad SMARTS) is 1.